The van der Waals surface area contributed by atoms with E-state index in [9.17, 15) is 13.9 Å². The number of furan rings is 1. The summed E-state index contributed by atoms with van der Waals surface area (Å²) in [7, 11) is 0. The standard InChI is InChI=1S/C15H17F2NO3/c16-12-3-4-15(17)11(6-12)7-18-8-13(19)9-20-10-14-2-1-5-21-14/h1-6,13,18-19H,7-10H2. The first-order chi connectivity index (χ1) is 10.1. The van der Waals surface area contributed by atoms with Gasteiger partial charge in [0.05, 0.1) is 19.0 Å². The van der Waals surface area contributed by atoms with Gasteiger partial charge in [-0.2, -0.15) is 0 Å². The van der Waals surface area contributed by atoms with Gasteiger partial charge in [0.15, 0.2) is 0 Å². The Balaban J connectivity index is 1.64. The first-order valence-corrected chi connectivity index (χ1v) is 6.58. The van der Waals surface area contributed by atoms with Crippen LogP contribution in [0.25, 0.3) is 0 Å². The number of halogens is 2. The highest BCUT2D eigenvalue weighted by Gasteiger charge is 2.07. The molecule has 1 aromatic carbocycles. The number of hydrogen-bond acceptors (Lipinski definition) is 4. The van der Waals surface area contributed by atoms with Crippen molar-refractivity contribution in [3.05, 3.63) is 59.6 Å². The van der Waals surface area contributed by atoms with E-state index >= 15 is 0 Å². The Morgan fingerprint density at radius 1 is 1.29 bits per heavy atom. The van der Waals surface area contributed by atoms with Crippen LogP contribution in [0.4, 0.5) is 8.78 Å². The third-order valence-corrected chi connectivity index (χ3v) is 2.84. The molecule has 1 atom stereocenters. The second-order valence-electron chi connectivity index (χ2n) is 4.61. The van der Waals surface area contributed by atoms with E-state index in [0.29, 0.717) is 5.76 Å². The molecule has 6 heteroatoms. The molecule has 0 aliphatic rings. The van der Waals surface area contributed by atoms with Crippen molar-refractivity contribution in [1.82, 2.24) is 5.32 Å². The average molecular weight is 297 g/mol. The first-order valence-electron chi connectivity index (χ1n) is 6.58. The van der Waals surface area contributed by atoms with Gasteiger partial charge in [0.1, 0.15) is 24.0 Å². The molecule has 2 aromatic rings. The summed E-state index contributed by atoms with van der Waals surface area (Å²) in [5.74, 6) is -0.292. The first kappa shape index (κ1) is 15.6. The highest BCUT2D eigenvalue weighted by Crippen LogP contribution is 2.09. The Morgan fingerprint density at radius 2 is 2.14 bits per heavy atom. The van der Waals surface area contributed by atoms with Gasteiger partial charge in [0, 0.05) is 18.7 Å². The summed E-state index contributed by atoms with van der Waals surface area (Å²) in [6.45, 7) is 0.759. The Bertz CT molecular complexity index is 546. The van der Waals surface area contributed by atoms with Crippen molar-refractivity contribution in [2.75, 3.05) is 13.2 Å². The number of nitrogens with one attached hydrogen (secondary N) is 1. The van der Waals surface area contributed by atoms with Crippen molar-refractivity contribution in [3.63, 3.8) is 0 Å². The highest BCUT2D eigenvalue weighted by atomic mass is 19.1. The fraction of sp³-hybridized carbons (Fsp3) is 0.333. The van der Waals surface area contributed by atoms with Crippen LogP contribution in [0.1, 0.15) is 11.3 Å². The molecule has 0 saturated heterocycles. The molecule has 0 bridgehead atoms. The molecule has 1 aromatic heterocycles. The summed E-state index contributed by atoms with van der Waals surface area (Å²) in [5, 5.41) is 12.5. The van der Waals surface area contributed by atoms with Crippen LogP contribution < -0.4 is 5.32 Å². The second-order valence-corrected chi connectivity index (χ2v) is 4.61. The van der Waals surface area contributed by atoms with Gasteiger partial charge in [-0.3, -0.25) is 0 Å². The largest absolute Gasteiger partial charge is 0.467 e. The van der Waals surface area contributed by atoms with Crippen molar-refractivity contribution < 1.29 is 23.0 Å². The van der Waals surface area contributed by atoms with Crippen LogP contribution in [0.15, 0.2) is 41.0 Å². The lowest BCUT2D eigenvalue weighted by Crippen LogP contribution is -2.30. The van der Waals surface area contributed by atoms with E-state index in [1.807, 2.05) is 0 Å². The molecule has 0 aliphatic heterocycles. The molecule has 0 saturated carbocycles. The predicted molar refractivity (Wildman–Crippen MR) is 72.4 cm³/mol. The number of aliphatic hydroxyl groups is 1. The molecule has 2 N–H and O–H groups in total. The fourth-order valence-electron chi connectivity index (χ4n) is 1.80. The van der Waals surface area contributed by atoms with Gasteiger partial charge in [-0.25, -0.2) is 8.78 Å². The van der Waals surface area contributed by atoms with E-state index in [-0.39, 0.29) is 31.9 Å². The van der Waals surface area contributed by atoms with E-state index < -0.39 is 17.7 Å². The SMILES string of the molecule is OC(CNCc1cc(F)ccc1F)COCc1ccco1. The third kappa shape index (κ3) is 5.26. The summed E-state index contributed by atoms with van der Waals surface area (Å²) in [6, 6.07) is 6.80. The van der Waals surface area contributed by atoms with Gasteiger partial charge in [0.25, 0.3) is 0 Å². The minimum Gasteiger partial charge on any atom is -0.467 e. The van der Waals surface area contributed by atoms with E-state index in [1.165, 1.54) is 0 Å². The maximum Gasteiger partial charge on any atom is 0.129 e. The molecule has 21 heavy (non-hydrogen) atoms. The monoisotopic (exact) mass is 297 g/mol. The van der Waals surface area contributed by atoms with Crippen LogP contribution in [-0.4, -0.2) is 24.4 Å². The summed E-state index contributed by atoms with van der Waals surface area (Å²) in [6.07, 6.45) is 0.807. The number of ether oxygens (including phenoxy) is 1. The van der Waals surface area contributed by atoms with Crippen molar-refractivity contribution >= 4 is 0 Å². The van der Waals surface area contributed by atoms with Crippen LogP contribution in [0.5, 0.6) is 0 Å². The molecular formula is C15H17F2NO3. The smallest absolute Gasteiger partial charge is 0.129 e. The van der Waals surface area contributed by atoms with Gasteiger partial charge in [0.2, 0.25) is 0 Å². The van der Waals surface area contributed by atoms with E-state index in [1.54, 1.807) is 18.4 Å². The summed E-state index contributed by atoms with van der Waals surface area (Å²) < 4.78 is 36.7. The summed E-state index contributed by atoms with van der Waals surface area (Å²) >= 11 is 0. The van der Waals surface area contributed by atoms with Crippen molar-refractivity contribution in [2.24, 2.45) is 0 Å². The predicted octanol–water partition coefficient (Wildman–Crippen LogP) is 2.23. The third-order valence-electron chi connectivity index (χ3n) is 2.84. The molecular weight excluding hydrogens is 280 g/mol. The average Bonchev–Trinajstić information content (AvgIpc) is 2.96. The molecule has 0 amide bonds. The Kier molecular flexibility index (Phi) is 5.86. The van der Waals surface area contributed by atoms with E-state index in [4.69, 9.17) is 9.15 Å². The van der Waals surface area contributed by atoms with Crippen LogP contribution >= 0.6 is 0 Å². The van der Waals surface area contributed by atoms with Crippen molar-refractivity contribution in [3.8, 4) is 0 Å². The fourth-order valence-corrected chi connectivity index (χ4v) is 1.80. The van der Waals surface area contributed by atoms with Crippen molar-refractivity contribution in [2.45, 2.75) is 19.3 Å². The summed E-state index contributed by atoms with van der Waals surface area (Å²) in [5.41, 5.74) is 0.221. The van der Waals surface area contributed by atoms with Crippen LogP contribution in [0.3, 0.4) is 0 Å². The lowest BCUT2D eigenvalue weighted by molar-refractivity contribution is 0.0225. The molecule has 0 radical (unpaired) electrons. The maximum absolute atomic E-state index is 13.3. The quantitative estimate of drug-likeness (QED) is 0.784. The second kappa shape index (κ2) is 7.87. The van der Waals surface area contributed by atoms with Gasteiger partial charge >= 0.3 is 0 Å². The minimum absolute atomic E-state index is 0.124. The molecule has 2 rings (SSSR count). The van der Waals surface area contributed by atoms with E-state index in [2.05, 4.69) is 5.32 Å². The van der Waals surface area contributed by atoms with Gasteiger partial charge in [-0.05, 0) is 30.3 Å². The zero-order chi connectivity index (χ0) is 15.1. The van der Waals surface area contributed by atoms with Gasteiger partial charge < -0.3 is 19.6 Å². The van der Waals surface area contributed by atoms with Crippen molar-refractivity contribution in [1.29, 1.82) is 0 Å². The lowest BCUT2D eigenvalue weighted by Gasteiger charge is -2.12. The molecule has 0 fully saturated rings. The van der Waals surface area contributed by atoms with Crippen LogP contribution in [0.2, 0.25) is 0 Å². The zero-order valence-corrected chi connectivity index (χ0v) is 11.4. The van der Waals surface area contributed by atoms with E-state index in [0.717, 1.165) is 18.2 Å². The maximum atomic E-state index is 13.3. The number of benzene rings is 1. The number of aliphatic hydroxyl groups excluding tert-OH is 1. The zero-order valence-electron chi connectivity index (χ0n) is 11.4. The van der Waals surface area contributed by atoms with Gasteiger partial charge in [-0.1, -0.05) is 0 Å². The molecule has 1 heterocycles. The molecule has 4 nitrogen and oxygen atoms in total. The molecule has 114 valence electrons. The van der Waals surface area contributed by atoms with Crippen LogP contribution in [0, 0.1) is 11.6 Å². The molecule has 1 unspecified atom stereocenters. The Morgan fingerprint density at radius 3 is 2.90 bits per heavy atom. The topological polar surface area (TPSA) is 54.6 Å². The minimum atomic E-state index is -0.739. The number of hydrogen-bond donors (Lipinski definition) is 2. The number of rotatable bonds is 8. The normalized spacial score (nSPS) is 12.5. The Hall–Kier alpha value is -1.76. The van der Waals surface area contributed by atoms with Gasteiger partial charge in [-0.15, -0.1) is 0 Å². The molecule has 0 aliphatic carbocycles. The summed E-state index contributed by atoms with van der Waals surface area (Å²) in [4.78, 5) is 0. The van der Waals surface area contributed by atoms with Crippen LogP contribution in [-0.2, 0) is 17.9 Å². The molecule has 0 spiro atoms. The Labute approximate surface area is 121 Å². The lowest BCUT2D eigenvalue weighted by atomic mass is 10.2. The highest BCUT2D eigenvalue weighted by molar-refractivity contribution is 5.18.